The molecule has 4 rings (SSSR count). The molecule has 0 spiro atoms. The van der Waals surface area contributed by atoms with Gasteiger partial charge in [0.1, 0.15) is 0 Å². The molecule has 30 heavy (non-hydrogen) atoms. The highest BCUT2D eigenvalue weighted by molar-refractivity contribution is 6.05. The molecular formula is C25H25N3O2. The van der Waals surface area contributed by atoms with Gasteiger partial charge < -0.3 is 4.74 Å². The monoisotopic (exact) mass is 399 g/mol. The molecule has 2 heterocycles. The van der Waals surface area contributed by atoms with Crippen LogP contribution in [0.4, 0.5) is 0 Å². The first kappa shape index (κ1) is 19.8. The van der Waals surface area contributed by atoms with Crippen molar-refractivity contribution in [3.63, 3.8) is 0 Å². The summed E-state index contributed by atoms with van der Waals surface area (Å²) in [5, 5.41) is 5.48. The fourth-order valence-electron chi connectivity index (χ4n) is 3.74. The minimum Gasteiger partial charge on any atom is -0.462 e. The zero-order chi connectivity index (χ0) is 21.4. The fraction of sp³-hybridized carbons (Fsp3) is 0.240. The van der Waals surface area contributed by atoms with Crippen LogP contribution in [0, 0.1) is 27.7 Å². The number of ether oxygens (including phenoxy) is 1. The van der Waals surface area contributed by atoms with E-state index >= 15 is 0 Å². The Kier molecular flexibility index (Phi) is 5.12. The molecule has 2 aromatic heterocycles. The zero-order valence-corrected chi connectivity index (χ0v) is 18.0. The first-order valence-electron chi connectivity index (χ1n) is 10.1. The number of hydrogen-bond donors (Lipinski definition) is 0. The Labute approximate surface area is 176 Å². The summed E-state index contributed by atoms with van der Waals surface area (Å²) in [7, 11) is 0. The molecule has 0 saturated carbocycles. The first-order chi connectivity index (χ1) is 14.4. The van der Waals surface area contributed by atoms with Gasteiger partial charge >= 0.3 is 5.97 Å². The smallest absolute Gasteiger partial charge is 0.339 e. The molecule has 152 valence electrons. The number of aryl methyl sites for hydroxylation is 4. The number of esters is 1. The number of fused-ring (bicyclic) bond motifs is 1. The molecule has 0 bridgehead atoms. The predicted molar refractivity (Wildman–Crippen MR) is 119 cm³/mol. The number of carbonyl (C=O) groups excluding carboxylic acids is 1. The molecule has 0 unspecified atom stereocenters. The molecule has 0 aliphatic carbocycles. The number of rotatable bonds is 4. The molecule has 0 aliphatic rings. The SMILES string of the molecule is CCOC(=O)c1cc(-c2ccc(C)cc2)nc2c1c(C)nn2-c1ccc(C)cc1C. The van der Waals surface area contributed by atoms with Crippen molar-refractivity contribution in [2.45, 2.75) is 34.6 Å². The molecule has 5 nitrogen and oxygen atoms in total. The number of hydrogen-bond acceptors (Lipinski definition) is 4. The van der Waals surface area contributed by atoms with E-state index in [-0.39, 0.29) is 5.97 Å². The molecule has 2 aromatic carbocycles. The first-order valence-corrected chi connectivity index (χ1v) is 10.1. The van der Waals surface area contributed by atoms with Crippen LogP contribution in [0.2, 0.25) is 0 Å². The van der Waals surface area contributed by atoms with E-state index in [1.807, 2.05) is 61.9 Å². The Bertz CT molecular complexity index is 1250. The predicted octanol–water partition coefficient (Wildman–Crippen LogP) is 5.50. The number of nitrogens with zero attached hydrogens (tertiary/aromatic N) is 3. The quantitative estimate of drug-likeness (QED) is 0.425. The summed E-state index contributed by atoms with van der Waals surface area (Å²) in [6.07, 6.45) is 0. The van der Waals surface area contributed by atoms with Gasteiger partial charge in [-0.25, -0.2) is 14.5 Å². The van der Waals surface area contributed by atoms with Crippen LogP contribution in [0.15, 0.2) is 48.5 Å². The number of carbonyl (C=O) groups is 1. The Balaban J connectivity index is 2.03. The second-order valence-corrected chi connectivity index (χ2v) is 7.63. The summed E-state index contributed by atoms with van der Waals surface area (Å²) in [5.74, 6) is -0.360. The van der Waals surface area contributed by atoms with Gasteiger partial charge in [-0.3, -0.25) is 0 Å². The highest BCUT2D eigenvalue weighted by Crippen LogP contribution is 2.30. The van der Waals surface area contributed by atoms with E-state index < -0.39 is 0 Å². The summed E-state index contributed by atoms with van der Waals surface area (Å²) < 4.78 is 7.18. The van der Waals surface area contributed by atoms with Crippen molar-refractivity contribution in [3.8, 4) is 16.9 Å². The number of pyridine rings is 1. The third-order valence-electron chi connectivity index (χ3n) is 5.24. The summed E-state index contributed by atoms with van der Waals surface area (Å²) in [6.45, 7) is 10.2. The van der Waals surface area contributed by atoms with Crippen LogP contribution in [0.25, 0.3) is 28.0 Å². The highest BCUT2D eigenvalue weighted by atomic mass is 16.5. The molecule has 0 radical (unpaired) electrons. The number of benzene rings is 2. The average molecular weight is 399 g/mol. The topological polar surface area (TPSA) is 57.0 Å². The van der Waals surface area contributed by atoms with E-state index in [9.17, 15) is 4.79 Å². The zero-order valence-electron chi connectivity index (χ0n) is 18.0. The van der Waals surface area contributed by atoms with Crippen LogP contribution in [-0.2, 0) is 4.74 Å². The molecule has 0 saturated heterocycles. The molecule has 4 aromatic rings. The standard InChI is InChI=1S/C25H25N3O2/c1-6-30-25(29)20-14-21(19-10-7-15(2)8-11-19)26-24-23(20)18(5)27-28(24)22-12-9-16(3)13-17(22)4/h7-14H,6H2,1-5H3. The lowest BCUT2D eigenvalue weighted by Gasteiger charge is -2.11. The minimum atomic E-state index is -0.360. The molecule has 0 aliphatic heterocycles. The second-order valence-electron chi connectivity index (χ2n) is 7.63. The van der Waals surface area contributed by atoms with Gasteiger partial charge in [-0.2, -0.15) is 5.10 Å². The molecule has 0 N–H and O–H groups in total. The van der Waals surface area contributed by atoms with Gasteiger partial charge in [-0.1, -0.05) is 47.5 Å². The van der Waals surface area contributed by atoms with E-state index in [1.54, 1.807) is 0 Å². The van der Waals surface area contributed by atoms with Gasteiger partial charge in [0.05, 0.1) is 34.6 Å². The lowest BCUT2D eigenvalue weighted by molar-refractivity contribution is 0.0528. The van der Waals surface area contributed by atoms with Crippen molar-refractivity contribution in [1.29, 1.82) is 0 Å². The summed E-state index contributed by atoms with van der Waals surface area (Å²) in [6, 6.07) is 16.1. The largest absolute Gasteiger partial charge is 0.462 e. The van der Waals surface area contributed by atoms with Crippen molar-refractivity contribution in [2.24, 2.45) is 0 Å². The van der Waals surface area contributed by atoms with Crippen LogP contribution >= 0.6 is 0 Å². The lowest BCUT2D eigenvalue weighted by Crippen LogP contribution is -2.07. The average Bonchev–Trinajstić information content (AvgIpc) is 3.04. The summed E-state index contributed by atoms with van der Waals surface area (Å²) in [5.41, 5.74) is 7.95. The molecule has 0 fully saturated rings. The Hall–Kier alpha value is -3.47. The van der Waals surface area contributed by atoms with Crippen molar-refractivity contribution >= 4 is 17.0 Å². The van der Waals surface area contributed by atoms with Crippen LogP contribution in [0.1, 0.15) is 39.7 Å². The molecule has 0 atom stereocenters. The van der Waals surface area contributed by atoms with E-state index in [1.165, 1.54) is 11.1 Å². The summed E-state index contributed by atoms with van der Waals surface area (Å²) >= 11 is 0. The van der Waals surface area contributed by atoms with Gasteiger partial charge in [0.25, 0.3) is 0 Å². The van der Waals surface area contributed by atoms with Gasteiger partial charge in [0.15, 0.2) is 5.65 Å². The van der Waals surface area contributed by atoms with Crippen LogP contribution in [0.5, 0.6) is 0 Å². The lowest BCUT2D eigenvalue weighted by atomic mass is 10.0. The van der Waals surface area contributed by atoms with Crippen molar-refractivity contribution in [3.05, 3.63) is 76.5 Å². The molecule has 5 heteroatoms. The Morgan fingerprint density at radius 3 is 2.33 bits per heavy atom. The van der Waals surface area contributed by atoms with Crippen LogP contribution < -0.4 is 0 Å². The summed E-state index contributed by atoms with van der Waals surface area (Å²) in [4.78, 5) is 17.8. The van der Waals surface area contributed by atoms with Gasteiger partial charge in [-0.15, -0.1) is 0 Å². The third-order valence-corrected chi connectivity index (χ3v) is 5.24. The normalized spacial score (nSPS) is 11.1. The number of aromatic nitrogens is 3. The van der Waals surface area contributed by atoms with Gasteiger partial charge in [0, 0.05) is 5.56 Å². The maximum absolute atomic E-state index is 12.8. The van der Waals surface area contributed by atoms with E-state index in [2.05, 4.69) is 26.0 Å². The van der Waals surface area contributed by atoms with Crippen LogP contribution in [0.3, 0.4) is 0 Å². The van der Waals surface area contributed by atoms with Gasteiger partial charge in [-0.05, 0) is 52.3 Å². The van der Waals surface area contributed by atoms with Crippen molar-refractivity contribution < 1.29 is 9.53 Å². The van der Waals surface area contributed by atoms with E-state index in [4.69, 9.17) is 14.8 Å². The second kappa shape index (κ2) is 7.75. The maximum atomic E-state index is 12.8. The minimum absolute atomic E-state index is 0.312. The molecule has 0 amide bonds. The van der Waals surface area contributed by atoms with Gasteiger partial charge in [0.2, 0.25) is 0 Å². The fourth-order valence-corrected chi connectivity index (χ4v) is 3.74. The Morgan fingerprint density at radius 1 is 0.967 bits per heavy atom. The maximum Gasteiger partial charge on any atom is 0.339 e. The van der Waals surface area contributed by atoms with Crippen molar-refractivity contribution in [2.75, 3.05) is 6.61 Å². The third kappa shape index (κ3) is 3.47. The van der Waals surface area contributed by atoms with E-state index in [0.29, 0.717) is 17.8 Å². The molecular weight excluding hydrogens is 374 g/mol. The highest BCUT2D eigenvalue weighted by Gasteiger charge is 2.22. The van der Waals surface area contributed by atoms with E-state index in [0.717, 1.165) is 33.6 Å². The Morgan fingerprint density at radius 2 is 1.67 bits per heavy atom. The van der Waals surface area contributed by atoms with Crippen LogP contribution in [-0.4, -0.2) is 27.3 Å². The van der Waals surface area contributed by atoms with Crippen molar-refractivity contribution in [1.82, 2.24) is 14.8 Å².